The van der Waals surface area contributed by atoms with E-state index in [4.69, 9.17) is 37.7 Å². The van der Waals surface area contributed by atoms with E-state index in [1.165, 1.54) is 0 Å². The number of carbonyl (C=O) groups excluding carboxylic acids is 1. The van der Waals surface area contributed by atoms with Crippen LogP contribution in [-0.4, -0.2) is 50.2 Å². The van der Waals surface area contributed by atoms with Crippen molar-refractivity contribution in [2.45, 2.75) is 12.3 Å². The van der Waals surface area contributed by atoms with Gasteiger partial charge in [0.15, 0.2) is 0 Å². The first-order chi connectivity index (χ1) is 17.9. The number of aromatic nitrogens is 2. The molecule has 1 unspecified atom stereocenters. The summed E-state index contributed by atoms with van der Waals surface area (Å²) in [5.74, 6) is 1.39. The zero-order valence-corrected chi connectivity index (χ0v) is 22.3. The second-order valence-corrected chi connectivity index (χ2v) is 9.88. The van der Waals surface area contributed by atoms with Crippen molar-refractivity contribution in [1.29, 1.82) is 0 Å². The van der Waals surface area contributed by atoms with Gasteiger partial charge in [0, 0.05) is 49.1 Å². The van der Waals surface area contributed by atoms with E-state index in [1.807, 2.05) is 49.3 Å². The Kier molecular flexibility index (Phi) is 7.20. The van der Waals surface area contributed by atoms with Crippen molar-refractivity contribution in [2.24, 2.45) is 0 Å². The maximum absolute atomic E-state index is 13.6. The summed E-state index contributed by atoms with van der Waals surface area (Å²) in [7, 11) is 5.33. The lowest BCUT2D eigenvalue weighted by Gasteiger charge is -2.24. The molecule has 3 heterocycles. The van der Waals surface area contributed by atoms with Crippen molar-refractivity contribution in [3.05, 3.63) is 76.0 Å². The topological polar surface area (TPSA) is 81.2 Å². The number of halogens is 2. The number of carbonyl (C=O) groups is 1. The van der Waals surface area contributed by atoms with Crippen molar-refractivity contribution < 1.29 is 19.6 Å². The highest BCUT2D eigenvalue weighted by atomic mass is 35.5. The Morgan fingerprint density at radius 3 is 2.70 bits per heavy atom. The summed E-state index contributed by atoms with van der Waals surface area (Å²) in [4.78, 5) is 24.7. The summed E-state index contributed by atoms with van der Waals surface area (Å²) in [5.41, 5.74) is 4.32. The lowest BCUT2D eigenvalue weighted by molar-refractivity contribution is -0.558. The number of anilines is 1. The lowest BCUT2D eigenvalue weighted by atomic mass is 9.93. The summed E-state index contributed by atoms with van der Waals surface area (Å²) in [6, 6.07) is 13.4. The van der Waals surface area contributed by atoms with E-state index < -0.39 is 0 Å². The maximum atomic E-state index is 13.6. The van der Waals surface area contributed by atoms with E-state index in [2.05, 4.69) is 11.1 Å². The second-order valence-electron chi connectivity index (χ2n) is 9.10. The number of rotatable bonds is 6. The molecule has 2 aromatic carbocycles. The van der Waals surface area contributed by atoms with Crippen LogP contribution in [-0.2, 0) is 0 Å². The Hall–Kier alpha value is -3.39. The van der Waals surface area contributed by atoms with E-state index in [9.17, 15) is 4.79 Å². The quantitative estimate of drug-likeness (QED) is 0.374. The third-order valence-electron chi connectivity index (χ3n) is 6.65. The van der Waals surface area contributed by atoms with Crippen LogP contribution >= 0.6 is 23.2 Å². The number of nitrogens with two attached hydrogens (primary N) is 1. The van der Waals surface area contributed by atoms with Gasteiger partial charge in [0.1, 0.15) is 11.3 Å². The number of ether oxygens (including phenoxy) is 2. The van der Waals surface area contributed by atoms with Crippen LogP contribution in [0.1, 0.15) is 28.3 Å². The molecule has 1 aliphatic heterocycles. The molecule has 9 heteroatoms. The molecule has 1 aliphatic rings. The van der Waals surface area contributed by atoms with Crippen LogP contribution in [0.5, 0.6) is 11.6 Å². The minimum Gasteiger partial charge on any atom is -0.493 e. The lowest BCUT2D eigenvalue weighted by Crippen LogP contribution is -2.89. The molecule has 0 bridgehead atoms. The normalized spacial score (nSPS) is 14.7. The van der Waals surface area contributed by atoms with Gasteiger partial charge in [-0.2, -0.15) is 0 Å². The van der Waals surface area contributed by atoms with Crippen LogP contribution in [0.15, 0.2) is 54.9 Å². The van der Waals surface area contributed by atoms with Crippen LogP contribution in [0.25, 0.3) is 22.0 Å². The molecule has 0 spiro atoms. The molecule has 0 fully saturated rings. The predicted octanol–water partition coefficient (Wildman–Crippen LogP) is 4.95. The number of methoxy groups -OCH3 is 1. The van der Waals surface area contributed by atoms with E-state index in [-0.39, 0.29) is 11.8 Å². The first-order valence-corrected chi connectivity index (χ1v) is 12.7. The first kappa shape index (κ1) is 25.3. The number of fused-ring (bicyclic) bond motifs is 2. The molecule has 5 rings (SSSR count). The molecule has 0 saturated heterocycles. The van der Waals surface area contributed by atoms with Crippen LogP contribution in [0, 0.1) is 0 Å². The highest BCUT2D eigenvalue weighted by Gasteiger charge is 2.28. The standard InChI is InChI=1S/C28H26Cl2N4O3/c1-34(2)26-20(27(35)32-13-16-11-12-37-22-10-5-4-7-17(16)22)15-31-25-19(14-33-28(36-3)23(25)26)18-8-6-9-21(29)24(18)30/h4-10,14-16H,11-13H2,1-3H3,(H,32,35)/p+1. The molecule has 2 N–H and O–H groups in total. The molecule has 0 saturated carbocycles. The van der Waals surface area contributed by atoms with E-state index >= 15 is 0 Å². The molecule has 7 nitrogen and oxygen atoms in total. The van der Waals surface area contributed by atoms with Crippen molar-refractivity contribution >= 4 is 45.7 Å². The number of nitrogens with zero attached hydrogens (tertiary/aromatic N) is 3. The molecular weight excluding hydrogens is 511 g/mol. The Bertz CT molecular complexity index is 1490. The number of hydrogen-bond acceptors (Lipinski definition) is 6. The monoisotopic (exact) mass is 537 g/mol. The number of pyridine rings is 2. The van der Waals surface area contributed by atoms with Gasteiger partial charge in [0.25, 0.3) is 0 Å². The van der Waals surface area contributed by atoms with Crippen LogP contribution in [0.4, 0.5) is 5.69 Å². The predicted molar refractivity (Wildman–Crippen MR) is 146 cm³/mol. The van der Waals surface area contributed by atoms with Gasteiger partial charge in [0.2, 0.25) is 5.88 Å². The fourth-order valence-corrected chi connectivity index (χ4v) is 5.29. The van der Waals surface area contributed by atoms with Crippen molar-refractivity contribution in [2.75, 3.05) is 39.3 Å². The first-order valence-electron chi connectivity index (χ1n) is 12.0. The molecule has 0 radical (unpaired) electrons. The second kappa shape index (κ2) is 10.5. The fourth-order valence-electron chi connectivity index (χ4n) is 4.89. The minimum atomic E-state index is -0.102. The highest BCUT2D eigenvalue weighted by molar-refractivity contribution is 6.44. The van der Waals surface area contributed by atoms with Gasteiger partial charge >= 0.3 is 5.91 Å². The Balaban J connectivity index is 1.56. The third-order valence-corrected chi connectivity index (χ3v) is 7.47. The summed E-state index contributed by atoms with van der Waals surface area (Å²) in [5, 5.41) is 3.24. The number of quaternary nitrogens is 1. The SMILES string of the molecule is COc1ncc(-c2cccc(Cl)c2Cl)c2ncc(C(=O)[NH2+]CC3CCOc4ccccc43)c(N(C)C)c12. The van der Waals surface area contributed by atoms with Gasteiger partial charge in [-0.05, 0) is 18.6 Å². The molecule has 190 valence electrons. The average Bonchev–Trinajstić information content (AvgIpc) is 2.92. The van der Waals surface area contributed by atoms with Crippen LogP contribution in [0.3, 0.4) is 0 Å². The van der Waals surface area contributed by atoms with Gasteiger partial charge in [-0.1, -0.05) is 53.5 Å². The molecule has 0 aliphatic carbocycles. The summed E-state index contributed by atoms with van der Waals surface area (Å²) in [6.45, 7) is 1.25. The van der Waals surface area contributed by atoms with E-state index in [0.29, 0.717) is 62.4 Å². The van der Waals surface area contributed by atoms with Crippen LogP contribution in [0.2, 0.25) is 10.0 Å². The van der Waals surface area contributed by atoms with Gasteiger partial charge in [0.05, 0.1) is 46.9 Å². The highest BCUT2D eigenvalue weighted by Crippen LogP contribution is 2.41. The largest absolute Gasteiger partial charge is 0.493 e. The minimum absolute atomic E-state index is 0.102. The third kappa shape index (κ3) is 4.70. The Morgan fingerprint density at radius 1 is 1.11 bits per heavy atom. The molecule has 37 heavy (non-hydrogen) atoms. The van der Waals surface area contributed by atoms with Crippen LogP contribution < -0.4 is 19.7 Å². The van der Waals surface area contributed by atoms with Crippen molar-refractivity contribution in [1.82, 2.24) is 9.97 Å². The van der Waals surface area contributed by atoms with E-state index in [0.717, 1.165) is 17.7 Å². The van der Waals surface area contributed by atoms with Gasteiger partial charge in [-0.15, -0.1) is 0 Å². The number of hydrogen-bond donors (Lipinski definition) is 1. The van der Waals surface area contributed by atoms with Gasteiger partial charge in [-0.3, -0.25) is 10.3 Å². The molecular formula is C28H27Cl2N4O3+. The maximum Gasteiger partial charge on any atom is 0.346 e. The van der Waals surface area contributed by atoms with E-state index in [1.54, 1.807) is 30.9 Å². The van der Waals surface area contributed by atoms with Gasteiger partial charge < -0.3 is 14.4 Å². The Morgan fingerprint density at radius 2 is 1.92 bits per heavy atom. The van der Waals surface area contributed by atoms with Crippen molar-refractivity contribution in [3.63, 3.8) is 0 Å². The number of amides is 1. The zero-order valence-electron chi connectivity index (χ0n) is 20.8. The summed E-state index contributed by atoms with van der Waals surface area (Å²) in [6.07, 6.45) is 4.15. The number of benzene rings is 2. The molecule has 1 amide bonds. The fraction of sp³-hybridized carbons (Fsp3) is 0.250. The summed E-state index contributed by atoms with van der Waals surface area (Å²) >= 11 is 12.8. The average molecular weight is 538 g/mol. The van der Waals surface area contributed by atoms with Crippen molar-refractivity contribution in [3.8, 4) is 22.8 Å². The molecule has 2 aromatic heterocycles. The number of para-hydroxylation sites is 1. The molecule has 1 atom stereocenters. The molecule has 4 aromatic rings. The summed E-state index contributed by atoms with van der Waals surface area (Å²) < 4.78 is 11.4. The Labute approximate surface area is 225 Å². The zero-order chi connectivity index (χ0) is 26.1. The number of primary amides is 1. The van der Waals surface area contributed by atoms with Gasteiger partial charge in [-0.25, -0.2) is 9.78 Å². The smallest absolute Gasteiger partial charge is 0.346 e.